The molecule has 5 atom stereocenters. The van der Waals surface area contributed by atoms with Crippen LogP contribution in [0.15, 0.2) is 85.1 Å². The van der Waals surface area contributed by atoms with Crippen molar-refractivity contribution in [2.24, 2.45) is 5.92 Å². The van der Waals surface area contributed by atoms with Crippen molar-refractivity contribution in [2.45, 2.75) is 62.7 Å². The van der Waals surface area contributed by atoms with Crippen molar-refractivity contribution in [3.05, 3.63) is 107 Å². The Kier molecular flexibility index (Phi) is 8.44. The molecule has 1 spiro atoms. The van der Waals surface area contributed by atoms with Gasteiger partial charge in [-0.3, -0.25) is 14.4 Å². The normalized spacial score (nSPS) is 24.4. The zero-order valence-electron chi connectivity index (χ0n) is 27.4. The summed E-state index contributed by atoms with van der Waals surface area (Å²) in [5.41, 5.74) is 3.06. The van der Waals surface area contributed by atoms with Crippen molar-refractivity contribution in [3.8, 4) is 0 Å². The van der Waals surface area contributed by atoms with Crippen LogP contribution in [0.1, 0.15) is 41.6 Å². The van der Waals surface area contributed by atoms with E-state index in [1.807, 2.05) is 105 Å². The number of nitrogens with zero attached hydrogens (tertiary/aromatic N) is 5. The second-order valence-corrected chi connectivity index (χ2v) is 17.5. The topological polar surface area (TPSA) is 130 Å². The quantitative estimate of drug-likeness (QED) is 0.231. The number of benzene rings is 3. The number of ether oxygens (including phenoxy) is 2. The number of hydrogen-bond acceptors (Lipinski definition) is 8. The van der Waals surface area contributed by atoms with Crippen LogP contribution in [-0.2, 0) is 33.0 Å². The highest BCUT2D eigenvalue weighted by Crippen LogP contribution is 2.60. The Labute approximate surface area is 280 Å². The molecular formula is C36H41N5O6Si. The number of amides is 2. The predicted molar refractivity (Wildman–Crippen MR) is 182 cm³/mol. The third-order valence-corrected chi connectivity index (χ3v) is 12.7. The van der Waals surface area contributed by atoms with Gasteiger partial charge in [-0.2, -0.15) is 0 Å². The van der Waals surface area contributed by atoms with Crippen LogP contribution in [0.4, 0.5) is 16.2 Å². The Morgan fingerprint density at radius 3 is 2.44 bits per heavy atom. The number of carbonyl (C=O) groups is 2. The second kappa shape index (κ2) is 12.6. The first-order valence-electron chi connectivity index (χ1n) is 16.5. The van der Waals surface area contributed by atoms with Gasteiger partial charge in [-0.25, -0.2) is 4.79 Å². The van der Waals surface area contributed by atoms with E-state index in [4.69, 9.17) is 9.47 Å². The molecule has 3 aliphatic rings. The monoisotopic (exact) mass is 667 g/mol. The van der Waals surface area contributed by atoms with Gasteiger partial charge in [0.2, 0.25) is 0 Å². The summed E-state index contributed by atoms with van der Waals surface area (Å²) in [6.07, 6.45) is 1.47. The molecule has 12 heteroatoms. The van der Waals surface area contributed by atoms with Crippen molar-refractivity contribution in [2.75, 3.05) is 29.6 Å². The number of aliphatic hydroxyl groups is 1. The first-order chi connectivity index (χ1) is 23.1. The molecule has 2 fully saturated rings. The summed E-state index contributed by atoms with van der Waals surface area (Å²) in [7, 11) is -2.90. The van der Waals surface area contributed by atoms with Crippen LogP contribution in [0.3, 0.4) is 0 Å². The van der Waals surface area contributed by atoms with E-state index >= 15 is 0 Å². The minimum absolute atomic E-state index is 0.0982. The zero-order chi connectivity index (χ0) is 33.6. The van der Waals surface area contributed by atoms with Gasteiger partial charge in [0, 0.05) is 35.5 Å². The maximum absolute atomic E-state index is 14.8. The first-order valence-corrected chi connectivity index (χ1v) is 19.5. The molecule has 2 amide bonds. The Hall–Kier alpha value is -4.36. The van der Waals surface area contributed by atoms with E-state index in [0.29, 0.717) is 49.6 Å². The average molecular weight is 668 g/mol. The van der Waals surface area contributed by atoms with Crippen LogP contribution in [0.2, 0.25) is 18.6 Å². The maximum Gasteiger partial charge on any atom is 0.414 e. The fourth-order valence-electron chi connectivity index (χ4n) is 7.95. The molecule has 2 saturated heterocycles. The molecule has 0 radical (unpaired) electrons. The van der Waals surface area contributed by atoms with E-state index in [-0.39, 0.29) is 29.9 Å². The molecule has 0 bridgehead atoms. The van der Waals surface area contributed by atoms with Crippen molar-refractivity contribution in [3.63, 3.8) is 0 Å². The van der Waals surface area contributed by atoms with Crippen LogP contribution < -0.4 is 9.80 Å². The standard InChI is InChI=1S/C36H41N5O6Si/c1-24-33(48(2,3)45)32(16-17-39-22-30(37-38-39)28(23-42)26-12-8-5-9-13-26)47-36(24)29-20-27(40-18-19-46-35(40)44)14-15-31(29)41(34(36)43)21-25-10-6-4-7-11-25/h4-15,20,22,24,28,32-33,42,45H,16-19,21,23H2,1-3H3/t24-,28?,32+,33-,36+/m1/s1. The molecule has 3 aromatic carbocycles. The van der Waals surface area contributed by atoms with E-state index < -0.39 is 26.1 Å². The lowest BCUT2D eigenvalue weighted by Gasteiger charge is -2.32. The number of anilines is 2. The van der Waals surface area contributed by atoms with Crippen LogP contribution in [0.25, 0.3) is 0 Å². The van der Waals surface area contributed by atoms with E-state index in [1.54, 1.807) is 14.5 Å². The van der Waals surface area contributed by atoms with Crippen molar-refractivity contribution < 1.29 is 29.0 Å². The predicted octanol–water partition coefficient (Wildman–Crippen LogP) is 4.79. The van der Waals surface area contributed by atoms with E-state index in [0.717, 1.165) is 16.8 Å². The van der Waals surface area contributed by atoms with E-state index in [2.05, 4.69) is 10.3 Å². The number of hydrogen-bond donors (Lipinski definition) is 2. The third kappa shape index (κ3) is 5.52. The van der Waals surface area contributed by atoms with Crippen molar-refractivity contribution in [1.29, 1.82) is 0 Å². The summed E-state index contributed by atoms with van der Waals surface area (Å²) in [6, 6.07) is 25.2. The number of carbonyl (C=O) groups excluding carboxylic acids is 2. The van der Waals surface area contributed by atoms with Gasteiger partial charge in [-0.1, -0.05) is 72.8 Å². The molecule has 0 saturated carbocycles. The van der Waals surface area contributed by atoms with E-state index in [1.165, 1.54) is 0 Å². The lowest BCUT2D eigenvalue weighted by atomic mass is 9.82. The Balaban J connectivity index is 1.22. The van der Waals surface area contributed by atoms with Crippen molar-refractivity contribution >= 4 is 31.7 Å². The highest BCUT2D eigenvalue weighted by Gasteiger charge is 2.66. The largest absolute Gasteiger partial charge is 0.447 e. The van der Waals surface area contributed by atoms with Gasteiger partial charge >= 0.3 is 6.09 Å². The smallest absolute Gasteiger partial charge is 0.414 e. The maximum atomic E-state index is 14.8. The number of aromatic nitrogens is 3. The minimum Gasteiger partial charge on any atom is -0.447 e. The lowest BCUT2D eigenvalue weighted by Crippen LogP contribution is -2.46. The molecule has 2 N–H and O–H groups in total. The minimum atomic E-state index is -2.90. The molecule has 3 aliphatic heterocycles. The molecule has 4 aromatic rings. The number of fused-ring (bicyclic) bond motifs is 2. The molecule has 48 heavy (non-hydrogen) atoms. The summed E-state index contributed by atoms with van der Waals surface area (Å²) < 4.78 is 14.0. The van der Waals surface area contributed by atoms with Gasteiger partial charge in [0.1, 0.15) is 6.61 Å². The van der Waals surface area contributed by atoms with Gasteiger partial charge in [0.15, 0.2) is 13.9 Å². The number of aliphatic hydroxyl groups excluding tert-OH is 1. The Morgan fingerprint density at radius 2 is 1.77 bits per heavy atom. The van der Waals surface area contributed by atoms with Crippen LogP contribution in [0, 0.1) is 5.92 Å². The molecular weight excluding hydrogens is 627 g/mol. The summed E-state index contributed by atoms with van der Waals surface area (Å²) in [4.78, 5) is 42.5. The number of rotatable bonds is 10. The van der Waals surface area contributed by atoms with Crippen molar-refractivity contribution in [1.82, 2.24) is 15.0 Å². The molecule has 1 unspecified atom stereocenters. The number of aryl methyl sites for hydroxylation is 1. The van der Waals surface area contributed by atoms with Crippen LogP contribution >= 0.6 is 0 Å². The third-order valence-electron chi connectivity index (χ3n) is 10.2. The SMILES string of the molecule is C[C@@H]1[C@@H]([Si](C)(C)O)[C@H](CCn2cc(C(CO)c3ccccc3)nn2)O[C@@]12C(=O)N(Cc1ccccc1)c1ccc(N3CCOC3=O)cc12. The fourth-order valence-corrected chi connectivity index (χ4v) is 10.6. The molecule has 7 rings (SSSR count). The zero-order valence-corrected chi connectivity index (χ0v) is 28.4. The van der Waals surface area contributed by atoms with Gasteiger partial charge in [-0.05, 0) is 48.8 Å². The molecule has 4 heterocycles. The highest BCUT2D eigenvalue weighted by atomic mass is 28.4. The molecule has 11 nitrogen and oxygen atoms in total. The average Bonchev–Trinajstić information content (AvgIpc) is 3.84. The van der Waals surface area contributed by atoms with Gasteiger partial charge in [0.25, 0.3) is 5.91 Å². The first kappa shape index (κ1) is 32.2. The number of cyclic esters (lactones) is 1. The Bertz CT molecular complexity index is 1800. The van der Waals surface area contributed by atoms with Gasteiger partial charge < -0.3 is 24.3 Å². The van der Waals surface area contributed by atoms with Crippen LogP contribution in [-0.4, -0.2) is 71.1 Å². The molecule has 250 valence electrons. The second-order valence-electron chi connectivity index (χ2n) is 13.5. The summed E-state index contributed by atoms with van der Waals surface area (Å²) in [6.45, 7) is 7.26. The molecule has 0 aliphatic carbocycles. The fraction of sp³-hybridized carbons (Fsp3) is 0.389. The summed E-state index contributed by atoms with van der Waals surface area (Å²) in [5.74, 6) is -0.824. The van der Waals surface area contributed by atoms with Gasteiger partial charge in [-0.15, -0.1) is 5.10 Å². The van der Waals surface area contributed by atoms with Crippen LogP contribution in [0.5, 0.6) is 0 Å². The highest BCUT2D eigenvalue weighted by molar-refractivity contribution is 6.71. The Morgan fingerprint density at radius 1 is 1.04 bits per heavy atom. The summed E-state index contributed by atoms with van der Waals surface area (Å²) >= 11 is 0. The molecule has 1 aromatic heterocycles. The van der Waals surface area contributed by atoms with E-state index in [9.17, 15) is 19.5 Å². The van der Waals surface area contributed by atoms with Gasteiger partial charge in [0.05, 0.1) is 43.1 Å². The lowest BCUT2D eigenvalue weighted by molar-refractivity contribution is -0.146. The summed E-state index contributed by atoms with van der Waals surface area (Å²) in [5, 5.41) is 18.9.